The van der Waals surface area contributed by atoms with Gasteiger partial charge in [-0.15, -0.1) is 0 Å². The first-order valence-corrected chi connectivity index (χ1v) is 5.73. The maximum atomic E-state index is 9.20. The fourth-order valence-electron chi connectivity index (χ4n) is 1.46. The molecule has 0 spiro atoms. The highest BCUT2D eigenvalue weighted by Crippen LogP contribution is 2.22. The van der Waals surface area contributed by atoms with Crippen LogP contribution in [0.5, 0.6) is 5.75 Å². The average Bonchev–Trinajstić information content (AvgIpc) is 2.63. The van der Waals surface area contributed by atoms with Crippen LogP contribution in [0.25, 0.3) is 5.69 Å². The molecule has 2 rings (SSSR count). The van der Waals surface area contributed by atoms with Crippen LogP contribution in [0.2, 0.25) is 0 Å². The molecule has 84 valence electrons. The summed E-state index contributed by atoms with van der Waals surface area (Å²) >= 11 is 3.49. The summed E-state index contributed by atoms with van der Waals surface area (Å²) < 4.78 is 2.67. The Labute approximate surface area is 102 Å². The Kier molecular flexibility index (Phi) is 3.26. The Balaban J connectivity index is 2.37. The van der Waals surface area contributed by atoms with Crippen molar-refractivity contribution >= 4 is 15.9 Å². The van der Waals surface area contributed by atoms with Crippen molar-refractivity contribution in [2.45, 2.75) is 6.42 Å². The third-order valence-corrected chi connectivity index (χ3v) is 3.13. The van der Waals surface area contributed by atoms with Crippen LogP contribution in [0.4, 0.5) is 0 Å². The van der Waals surface area contributed by atoms with Crippen molar-refractivity contribution in [1.82, 2.24) is 9.78 Å². The molecule has 0 aliphatic carbocycles. The summed E-state index contributed by atoms with van der Waals surface area (Å²) in [4.78, 5) is 0. The number of halogens is 1. The molecule has 3 N–H and O–H groups in total. The van der Waals surface area contributed by atoms with Gasteiger partial charge in [-0.2, -0.15) is 5.10 Å². The van der Waals surface area contributed by atoms with Crippen molar-refractivity contribution < 1.29 is 5.11 Å². The lowest BCUT2D eigenvalue weighted by Gasteiger charge is -2.03. The SMILES string of the molecule is NCCc1cnn(-c2ccc(O)cc2)c1Br. The zero-order chi connectivity index (χ0) is 11.5. The molecule has 16 heavy (non-hydrogen) atoms. The lowest BCUT2D eigenvalue weighted by molar-refractivity contribution is 0.475. The van der Waals surface area contributed by atoms with Crippen LogP contribution in [0.3, 0.4) is 0 Å². The summed E-state index contributed by atoms with van der Waals surface area (Å²) in [6, 6.07) is 6.87. The lowest BCUT2D eigenvalue weighted by Crippen LogP contribution is -2.03. The Morgan fingerprint density at radius 2 is 2.00 bits per heavy atom. The number of rotatable bonds is 3. The summed E-state index contributed by atoms with van der Waals surface area (Å²) in [7, 11) is 0. The molecule has 0 aliphatic rings. The Bertz CT molecular complexity index is 478. The van der Waals surface area contributed by atoms with E-state index in [4.69, 9.17) is 5.73 Å². The van der Waals surface area contributed by atoms with E-state index >= 15 is 0 Å². The standard InChI is InChI=1S/C11H12BrN3O/c12-11-8(5-6-13)7-14-15(11)9-1-3-10(16)4-2-9/h1-4,7,16H,5-6,13H2. The van der Waals surface area contributed by atoms with E-state index in [0.717, 1.165) is 22.3 Å². The van der Waals surface area contributed by atoms with Crippen LogP contribution in [-0.4, -0.2) is 21.4 Å². The van der Waals surface area contributed by atoms with Gasteiger partial charge >= 0.3 is 0 Å². The minimum Gasteiger partial charge on any atom is -0.508 e. The molecule has 0 fully saturated rings. The summed E-state index contributed by atoms with van der Waals surface area (Å²) in [5.74, 6) is 0.245. The molecule has 0 bridgehead atoms. The van der Waals surface area contributed by atoms with Crippen LogP contribution in [0.1, 0.15) is 5.56 Å². The highest BCUT2D eigenvalue weighted by atomic mass is 79.9. The predicted molar refractivity (Wildman–Crippen MR) is 65.7 cm³/mol. The van der Waals surface area contributed by atoms with E-state index in [1.54, 1.807) is 35.1 Å². The quantitative estimate of drug-likeness (QED) is 0.902. The van der Waals surface area contributed by atoms with E-state index in [-0.39, 0.29) is 5.75 Å². The molecule has 1 aromatic heterocycles. The molecule has 0 aliphatic heterocycles. The van der Waals surface area contributed by atoms with Gasteiger partial charge in [-0.05, 0) is 53.2 Å². The summed E-state index contributed by atoms with van der Waals surface area (Å²) in [6.07, 6.45) is 2.59. The lowest BCUT2D eigenvalue weighted by atomic mass is 10.2. The average molecular weight is 282 g/mol. The predicted octanol–water partition coefficient (Wildman–Crippen LogP) is 1.84. The van der Waals surface area contributed by atoms with Gasteiger partial charge in [-0.3, -0.25) is 0 Å². The Hall–Kier alpha value is -1.33. The molecule has 2 aromatic rings. The number of phenols is 1. The Morgan fingerprint density at radius 3 is 2.62 bits per heavy atom. The van der Waals surface area contributed by atoms with Crippen molar-refractivity contribution in [3.05, 3.63) is 40.6 Å². The van der Waals surface area contributed by atoms with E-state index in [0.29, 0.717) is 6.54 Å². The monoisotopic (exact) mass is 281 g/mol. The highest BCUT2D eigenvalue weighted by Gasteiger charge is 2.08. The topological polar surface area (TPSA) is 64.1 Å². The number of hydrogen-bond acceptors (Lipinski definition) is 3. The Morgan fingerprint density at radius 1 is 1.31 bits per heavy atom. The number of benzene rings is 1. The first-order valence-electron chi connectivity index (χ1n) is 4.94. The molecule has 0 saturated carbocycles. The maximum Gasteiger partial charge on any atom is 0.115 e. The number of hydrogen-bond donors (Lipinski definition) is 2. The first kappa shape index (κ1) is 11.2. The second kappa shape index (κ2) is 4.67. The molecule has 0 unspecified atom stereocenters. The fraction of sp³-hybridized carbons (Fsp3) is 0.182. The van der Waals surface area contributed by atoms with Gasteiger partial charge in [0.2, 0.25) is 0 Å². The molecule has 0 saturated heterocycles. The normalized spacial score (nSPS) is 10.6. The van der Waals surface area contributed by atoms with Gasteiger partial charge in [0, 0.05) is 5.56 Å². The van der Waals surface area contributed by atoms with Crippen molar-refractivity contribution in [2.24, 2.45) is 5.73 Å². The van der Waals surface area contributed by atoms with E-state index < -0.39 is 0 Å². The van der Waals surface area contributed by atoms with Gasteiger partial charge in [0.25, 0.3) is 0 Å². The smallest absolute Gasteiger partial charge is 0.115 e. The van der Waals surface area contributed by atoms with E-state index in [9.17, 15) is 5.11 Å². The van der Waals surface area contributed by atoms with Crippen LogP contribution in [0, 0.1) is 0 Å². The number of phenolic OH excluding ortho intramolecular Hbond substituents is 1. The van der Waals surface area contributed by atoms with Crippen molar-refractivity contribution in [2.75, 3.05) is 6.54 Å². The second-order valence-corrected chi connectivity index (χ2v) is 4.18. The van der Waals surface area contributed by atoms with Crippen molar-refractivity contribution in [1.29, 1.82) is 0 Å². The zero-order valence-electron chi connectivity index (χ0n) is 8.60. The number of aromatic hydroxyl groups is 1. The molecule has 0 amide bonds. The van der Waals surface area contributed by atoms with Gasteiger partial charge in [-0.25, -0.2) is 4.68 Å². The molecule has 1 aromatic carbocycles. The first-order chi connectivity index (χ1) is 7.72. The third-order valence-electron chi connectivity index (χ3n) is 2.29. The van der Waals surface area contributed by atoms with Crippen LogP contribution < -0.4 is 5.73 Å². The van der Waals surface area contributed by atoms with Gasteiger partial charge in [0.05, 0.1) is 11.9 Å². The minimum absolute atomic E-state index is 0.245. The maximum absolute atomic E-state index is 9.20. The summed E-state index contributed by atoms with van der Waals surface area (Å²) in [5.41, 5.74) is 7.48. The molecular formula is C11H12BrN3O. The fourth-order valence-corrected chi connectivity index (χ4v) is 2.06. The van der Waals surface area contributed by atoms with Crippen LogP contribution in [-0.2, 0) is 6.42 Å². The van der Waals surface area contributed by atoms with Gasteiger partial charge in [0.15, 0.2) is 0 Å². The highest BCUT2D eigenvalue weighted by molar-refractivity contribution is 9.10. The second-order valence-electron chi connectivity index (χ2n) is 3.43. The van der Waals surface area contributed by atoms with Gasteiger partial charge in [-0.1, -0.05) is 0 Å². The third kappa shape index (κ3) is 2.10. The van der Waals surface area contributed by atoms with Gasteiger partial charge in [0.1, 0.15) is 10.4 Å². The molecule has 5 heteroatoms. The number of aromatic nitrogens is 2. The molecule has 0 atom stereocenters. The summed E-state index contributed by atoms with van der Waals surface area (Å²) in [5, 5.41) is 13.5. The minimum atomic E-state index is 0.245. The van der Waals surface area contributed by atoms with Gasteiger partial charge < -0.3 is 10.8 Å². The number of nitrogens with two attached hydrogens (primary N) is 1. The van der Waals surface area contributed by atoms with E-state index in [2.05, 4.69) is 21.0 Å². The molecule has 0 radical (unpaired) electrons. The van der Waals surface area contributed by atoms with Crippen LogP contribution >= 0.6 is 15.9 Å². The molecular weight excluding hydrogens is 270 g/mol. The van der Waals surface area contributed by atoms with Crippen molar-refractivity contribution in [3.63, 3.8) is 0 Å². The zero-order valence-corrected chi connectivity index (χ0v) is 10.2. The van der Waals surface area contributed by atoms with Crippen molar-refractivity contribution in [3.8, 4) is 11.4 Å². The number of nitrogens with zero attached hydrogens (tertiary/aromatic N) is 2. The largest absolute Gasteiger partial charge is 0.508 e. The van der Waals surface area contributed by atoms with Crippen LogP contribution in [0.15, 0.2) is 35.1 Å². The molecule has 4 nitrogen and oxygen atoms in total. The summed E-state index contributed by atoms with van der Waals surface area (Å²) in [6.45, 7) is 0.597. The van der Waals surface area contributed by atoms with E-state index in [1.807, 2.05) is 0 Å². The molecule has 1 heterocycles. The van der Waals surface area contributed by atoms with E-state index in [1.165, 1.54) is 0 Å².